The van der Waals surface area contributed by atoms with Crippen molar-refractivity contribution in [3.8, 4) is 0 Å². The molecule has 106 valence electrons. The molecule has 1 aromatic heterocycles. The molecule has 3 rings (SSSR count). The largest absolute Gasteiger partial charge is 0.371 e. The first-order valence-corrected chi connectivity index (χ1v) is 6.72. The highest BCUT2D eigenvalue weighted by Gasteiger charge is 2.22. The summed E-state index contributed by atoms with van der Waals surface area (Å²) >= 11 is 0. The van der Waals surface area contributed by atoms with E-state index in [2.05, 4.69) is 10.1 Å². The molecule has 20 heavy (non-hydrogen) atoms. The van der Waals surface area contributed by atoms with Gasteiger partial charge in [0.2, 0.25) is 0 Å². The molecule has 1 aromatic carbocycles. The second-order valence-corrected chi connectivity index (χ2v) is 5.08. The fraction of sp³-hybridized carbons (Fsp3) is 0.400. The van der Waals surface area contributed by atoms with Gasteiger partial charge in [0.1, 0.15) is 5.82 Å². The van der Waals surface area contributed by atoms with E-state index in [1.807, 2.05) is 13.0 Å². The molecule has 5 heteroatoms. The SMILES string of the molecule is Cc1cc(CN2CCOC(c3ccc(F)cc3)C2)on1. The Morgan fingerprint density at radius 2 is 2.15 bits per heavy atom. The van der Waals surface area contributed by atoms with Crippen molar-refractivity contribution < 1.29 is 13.7 Å². The lowest BCUT2D eigenvalue weighted by molar-refractivity contribution is -0.0351. The average molecular weight is 276 g/mol. The smallest absolute Gasteiger partial charge is 0.150 e. The molecule has 1 atom stereocenters. The number of nitrogens with zero attached hydrogens (tertiary/aromatic N) is 2. The van der Waals surface area contributed by atoms with Gasteiger partial charge in [-0.1, -0.05) is 17.3 Å². The van der Waals surface area contributed by atoms with Crippen LogP contribution in [-0.4, -0.2) is 29.8 Å². The third-order valence-corrected chi connectivity index (χ3v) is 3.45. The Kier molecular flexibility index (Phi) is 3.80. The second kappa shape index (κ2) is 5.73. The minimum atomic E-state index is -0.224. The summed E-state index contributed by atoms with van der Waals surface area (Å²) in [5, 5.41) is 3.89. The molecule has 4 nitrogen and oxygen atoms in total. The molecule has 1 saturated heterocycles. The number of hydrogen-bond donors (Lipinski definition) is 0. The first-order chi connectivity index (χ1) is 9.70. The van der Waals surface area contributed by atoms with Gasteiger partial charge in [-0.25, -0.2) is 4.39 Å². The number of rotatable bonds is 3. The van der Waals surface area contributed by atoms with Gasteiger partial charge in [0.05, 0.1) is 24.9 Å². The number of hydrogen-bond acceptors (Lipinski definition) is 4. The van der Waals surface area contributed by atoms with E-state index in [4.69, 9.17) is 9.26 Å². The van der Waals surface area contributed by atoms with Gasteiger partial charge in [-0.3, -0.25) is 4.90 Å². The van der Waals surface area contributed by atoms with Gasteiger partial charge in [0, 0.05) is 19.2 Å². The minimum absolute atomic E-state index is 0.0200. The molecule has 1 unspecified atom stereocenters. The van der Waals surface area contributed by atoms with Crippen LogP contribution in [-0.2, 0) is 11.3 Å². The maximum Gasteiger partial charge on any atom is 0.150 e. The minimum Gasteiger partial charge on any atom is -0.371 e. The molecule has 0 amide bonds. The maximum atomic E-state index is 12.9. The van der Waals surface area contributed by atoms with Crippen molar-refractivity contribution in [1.82, 2.24) is 10.1 Å². The van der Waals surface area contributed by atoms with Crippen LogP contribution >= 0.6 is 0 Å². The van der Waals surface area contributed by atoms with Crippen molar-refractivity contribution in [3.63, 3.8) is 0 Å². The Morgan fingerprint density at radius 1 is 1.35 bits per heavy atom. The van der Waals surface area contributed by atoms with Gasteiger partial charge in [0.15, 0.2) is 5.76 Å². The van der Waals surface area contributed by atoms with Crippen LogP contribution in [0.1, 0.15) is 23.1 Å². The fourth-order valence-corrected chi connectivity index (χ4v) is 2.44. The summed E-state index contributed by atoms with van der Waals surface area (Å²) in [6.07, 6.45) is -0.0200. The Hall–Kier alpha value is -1.72. The molecule has 0 aliphatic carbocycles. The highest BCUT2D eigenvalue weighted by Crippen LogP contribution is 2.23. The quantitative estimate of drug-likeness (QED) is 0.864. The second-order valence-electron chi connectivity index (χ2n) is 5.08. The molecule has 1 fully saturated rings. The molecule has 0 bridgehead atoms. The molecule has 2 aromatic rings. The number of aromatic nitrogens is 1. The number of morpholine rings is 1. The lowest BCUT2D eigenvalue weighted by atomic mass is 10.1. The van der Waals surface area contributed by atoms with Crippen LogP contribution < -0.4 is 0 Å². The summed E-state index contributed by atoms with van der Waals surface area (Å²) in [5.74, 6) is 0.640. The predicted octanol–water partition coefficient (Wildman–Crippen LogP) is 2.70. The standard InChI is InChI=1S/C15H17FN2O2/c1-11-8-14(20-17-11)9-18-6-7-19-15(10-18)12-2-4-13(16)5-3-12/h2-5,8,15H,6-7,9-10H2,1H3. The van der Waals surface area contributed by atoms with E-state index < -0.39 is 0 Å². The van der Waals surface area contributed by atoms with Crippen molar-refractivity contribution in [2.24, 2.45) is 0 Å². The van der Waals surface area contributed by atoms with Crippen molar-refractivity contribution >= 4 is 0 Å². The molecule has 0 radical (unpaired) electrons. The average Bonchev–Trinajstić information content (AvgIpc) is 2.85. The van der Waals surface area contributed by atoms with Gasteiger partial charge in [-0.2, -0.15) is 0 Å². The van der Waals surface area contributed by atoms with E-state index in [0.717, 1.165) is 36.7 Å². The van der Waals surface area contributed by atoms with Gasteiger partial charge in [-0.05, 0) is 24.6 Å². The maximum absolute atomic E-state index is 12.9. The molecule has 0 N–H and O–H groups in total. The van der Waals surface area contributed by atoms with Crippen molar-refractivity contribution in [1.29, 1.82) is 0 Å². The number of benzene rings is 1. The lowest BCUT2D eigenvalue weighted by Crippen LogP contribution is -2.37. The Bertz CT molecular complexity index is 568. The molecule has 1 aliphatic heterocycles. The summed E-state index contributed by atoms with van der Waals surface area (Å²) in [7, 11) is 0. The molecule has 0 saturated carbocycles. The first-order valence-electron chi connectivity index (χ1n) is 6.72. The topological polar surface area (TPSA) is 38.5 Å². The van der Waals surface area contributed by atoms with E-state index in [-0.39, 0.29) is 11.9 Å². The zero-order chi connectivity index (χ0) is 13.9. The number of aryl methyl sites for hydroxylation is 1. The summed E-state index contributed by atoms with van der Waals surface area (Å²) in [6.45, 7) is 4.92. The molecular weight excluding hydrogens is 259 g/mol. The van der Waals surface area contributed by atoms with Crippen LogP contribution in [0, 0.1) is 12.7 Å². The van der Waals surface area contributed by atoms with Gasteiger partial charge >= 0.3 is 0 Å². The summed E-state index contributed by atoms with van der Waals surface area (Å²) in [4.78, 5) is 2.26. The first kappa shape index (κ1) is 13.3. The number of ether oxygens (including phenoxy) is 1. The third kappa shape index (κ3) is 3.05. The monoisotopic (exact) mass is 276 g/mol. The molecular formula is C15H17FN2O2. The Morgan fingerprint density at radius 3 is 2.85 bits per heavy atom. The van der Waals surface area contributed by atoms with Crippen LogP contribution in [0.3, 0.4) is 0 Å². The molecule has 1 aliphatic rings. The highest BCUT2D eigenvalue weighted by molar-refractivity contribution is 5.19. The van der Waals surface area contributed by atoms with Gasteiger partial charge in [-0.15, -0.1) is 0 Å². The zero-order valence-electron chi connectivity index (χ0n) is 11.4. The third-order valence-electron chi connectivity index (χ3n) is 3.45. The van der Waals surface area contributed by atoms with Crippen molar-refractivity contribution in [3.05, 3.63) is 53.2 Å². The van der Waals surface area contributed by atoms with Gasteiger partial charge in [0.25, 0.3) is 0 Å². The van der Waals surface area contributed by atoms with E-state index in [9.17, 15) is 4.39 Å². The van der Waals surface area contributed by atoms with Crippen molar-refractivity contribution in [2.45, 2.75) is 19.6 Å². The van der Waals surface area contributed by atoms with E-state index >= 15 is 0 Å². The lowest BCUT2D eigenvalue weighted by Gasteiger charge is -2.32. The number of halogens is 1. The summed E-state index contributed by atoms with van der Waals surface area (Å²) in [5.41, 5.74) is 1.90. The molecule has 0 spiro atoms. The van der Waals surface area contributed by atoms with Crippen LogP contribution in [0.15, 0.2) is 34.9 Å². The highest BCUT2D eigenvalue weighted by atomic mass is 19.1. The zero-order valence-corrected chi connectivity index (χ0v) is 11.4. The van der Waals surface area contributed by atoms with Crippen LogP contribution in [0.4, 0.5) is 4.39 Å². The predicted molar refractivity (Wildman–Crippen MR) is 71.6 cm³/mol. The summed E-state index contributed by atoms with van der Waals surface area (Å²) < 4.78 is 24.0. The molecule has 2 heterocycles. The van der Waals surface area contributed by atoms with E-state index in [0.29, 0.717) is 6.61 Å². The summed E-state index contributed by atoms with van der Waals surface area (Å²) in [6, 6.07) is 8.45. The van der Waals surface area contributed by atoms with Gasteiger partial charge < -0.3 is 9.26 Å². The van der Waals surface area contributed by atoms with Crippen LogP contribution in [0.2, 0.25) is 0 Å². The van der Waals surface area contributed by atoms with Crippen molar-refractivity contribution in [2.75, 3.05) is 19.7 Å². The van der Waals surface area contributed by atoms with E-state index in [1.54, 1.807) is 12.1 Å². The fourth-order valence-electron chi connectivity index (χ4n) is 2.44. The Balaban J connectivity index is 1.65. The van der Waals surface area contributed by atoms with E-state index in [1.165, 1.54) is 12.1 Å². The van der Waals surface area contributed by atoms with Crippen LogP contribution in [0.5, 0.6) is 0 Å². The Labute approximate surface area is 117 Å². The normalized spacial score (nSPS) is 20.2. The van der Waals surface area contributed by atoms with Crippen LogP contribution in [0.25, 0.3) is 0 Å².